The molecule has 9 nitrogen and oxygen atoms in total. The number of hydrogen-bond acceptors (Lipinski definition) is 6. The molecule has 0 saturated carbocycles. The van der Waals surface area contributed by atoms with Gasteiger partial charge in [0.25, 0.3) is 5.91 Å². The maximum atomic E-state index is 14.0. The monoisotopic (exact) mass is 375 g/mol. The fourth-order valence-electron chi connectivity index (χ4n) is 2.82. The topological polar surface area (TPSA) is 111 Å². The molecule has 2 N–H and O–H groups in total. The zero-order chi connectivity index (χ0) is 18.8. The highest BCUT2D eigenvalue weighted by molar-refractivity contribution is 5.91. The zero-order valence-corrected chi connectivity index (χ0v) is 14.0. The third-order valence-electron chi connectivity index (χ3n) is 4.17. The van der Waals surface area contributed by atoms with E-state index in [1.165, 1.54) is 18.3 Å². The summed E-state index contributed by atoms with van der Waals surface area (Å²) in [5.41, 5.74) is 0.125. The van der Waals surface area contributed by atoms with Crippen LogP contribution in [0.15, 0.2) is 24.4 Å². The normalized spacial score (nSPS) is 16.6. The predicted molar refractivity (Wildman–Crippen MR) is 88.0 cm³/mol. The first-order valence-corrected chi connectivity index (χ1v) is 8.31. The highest BCUT2D eigenvalue weighted by Gasteiger charge is 2.21. The fraction of sp³-hybridized carbons (Fsp3) is 0.312. The summed E-state index contributed by atoms with van der Waals surface area (Å²) >= 11 is 0. The van der Waals surface area contributed by atoms with Crippen LogP contribution in [0.2, 0.25) is 0 Å². The molecule has 140 valence electrons. The smallest absolute Gasteiger partial charge is 0.287 e. The van der Waals surface area contributed by atoms with Crippen molar-refractivity contribution in [3.8, 4) is 17.2 Å². The second-order valence-corrected chi connectivity index (χ2v) is 5.98. The van der Waals surface area contributed by atoms with Crippen molar-refractivity contribution < 1.29 is 18.3 Å². The number of ether oxygens (including phenoxy) is 1. The molecule has 1 amide bonds. The first-order valence-electron chi connectivity index (χ1n) is 8.31. The number of H-pyrrole nitrogens is 1. The lowest BCUT2D eigenvalue weighted by Crippen LogP contribution is -2.32. The third-order valence-corrected chi connectivity index (χ3v) is 4.17. The number of carbonyl (C=O) groups is 1. The van der Waals surface area contributed by atoms with Crippen molar-refractivity contribution in [2.45, 2.75) is 18.9 Å². The molecule has 1 aliphatic rings. The van der Waals surface area contributed by atoms with Gasteiger partial charge in [-0.05, 0) is 35.4 Å². The summed E-state index contributed by atoms with van der Waals surface area (Å²) in [6.07, 6.45) is 3.23. The first kappa shape index (κ1) is 17.2. The summed E-state index contributed by atoms with van der Waals surface area (Å²) < 4.78 is 34.0. The van der Waals surface area contributed by atoms with Gasteiger partial charge in [-0.3, -0.25) is 4.79 Å². The van der Waals surface area contributed by atoms with Crippen molar-refractivity contribution in [2.75, 3.05) is 13.2 Å². The Balaban J connectivity index is 1.55. The lowest BCUT2D eigenvalue weighted by Gasteiger charge is -2.09. The molecule has 1 fully saturated rings. The van der Waals surface area contributed by atoms with E-state index in [-0.39, 0.29) is 29.1 Å². The second kappa shape index (κ2) is 7.19. The summed E-state index contributed by atoms with van der Waals surface area (Å²) in [5, 5.41) is 13.7. The standard InChI is InChI=1S/C16H15F2N7O2/c17-10-4-1-5-12(13(10)18)25-15(22-23-24-25)11-8-19-14(21-11)16(26)20-7-9-3-2-6-27-9/h1,4-5,8-9H,2-3,6-7H2,(H,19,21)(H,20,26)/t9-/m1/s1. The average Bonchev–Trinajstić information content (AvgIpc) is 3.42. The van der Waals surface area contributed by atoms with Crippen LogP contribution in [-0.4, -0.2) is 55.3 Å². The molecule has 0 aliphatic carbocycles. The van der Waals surface area contributed by atoms with Crippen molar-refractivity contribution >= 4 is 5.91 Å². The van der Waals surface area contributed by atoms with E-state index >= 15 is 0 Å². The molecule has 11 heteroatoms. The molecule has 0 radical (unpaired) electrons. The first-order chi connectivity index (χ1) is 13.1. The lowest BCUT2D eigenvalue weighted by atomic mass is 10.2. The Hall–Kier alpha value is -3.21. The summed E-state index contributed by atoms with van der Waals surface area (Å²) in [5.74, 6) is -2.37. The van der Waals surface area contributed by atoms with E-state index in [0.29, 0.717) is 13.2 Å². The molecule has 0 unspecified atom stereocenters. The maximum absolute atomic E-state index is 14.0. The Kier molecular flexibility index (Phi) is 4.59. The number of aromatic nitrogens is 6. The number of rotatable bonds is 5. The highest BCUT2D eigenvalue weighted by Crippen LogP contribution is 2.21. The number of aromatic amines is 1. The van der Waals surface area contributed by atoms with E-state index in [1.807, 2.05) is 0 Å². The van der Waals surface area contributed by atoms with E-state index < -0.39 is 17.5 Å². The Morgan fingerprint density at radius 2 is 2.30 bits per heavy atom. The molecule has 4 rings (SSSR count). The largest absolute Gasteiger partial charge is 0.376 e. The minimum Gasteiger partial charge on any atom is -0.376 e. The van der Waals surface area contributed by atoms with Gasteiger partial charge in [0.1, 0.15) is 11.4 Å². The number of benzene rings is 1. The number of amides is 1. The Labute approximate surface area is 151 Å². The van der Waals surface area contributed by atoms with Crippen molar-refractivity contribution in [1.82, 2.24) is 35.5 Å². The summed E-state index contributed by atoms with van der Waals surface area (Å²) in [7, 11) is 0. The fourth-order valence-corrected chi connectivity index (χ4v) is 2.82. The zero-order valence-electron chi connectivity index (χ0n) is 14.0. The minimum absolute atomic E-state index is 0.00614. The van der Waals surface area contributed by atoms with Gasteiger partial charge < -0.3 is 15.0 Å². The van der Waals surface area contributed by atoms with Crippen molar-refractivity contribution in [3.05, 3.63) is 41.9 Å². The van der Waals surface area contributed by atoms with Gasteiger partial charge in [0.05, 0.1) is 12.3 Å². The number of nitrogens with zero attached hydrogens (tertiary/aromatic N) is 5. The molecule has 1 aromatic carbocycles. The molecular weight excluding hydrogens is 360 g/mol. The average molecular weight is 375 g/mol. The van der Waals surface area contributed by atoms with Crippen molar-refractivity contribution in [1.29, 1.82) is 0 Å². The van der Waals surface area contributed by atoms with Crippen molar-refractivity contribution in [2.24, 2.45) is 0 Å². The SMILES string of the molecule is O=C(NC[C@H]1CCCO1)c1ncc(-c2nnnn2-c2cccc(F)c2F)[nH]1. The number of halogens is 2. The lowest BCUT2D eigenvalue weighted by molar-refractivity contribution is 0.0850. The predicted octanol–water partition coefficient (Wildman–Crippen LogP) is 1.24. The second-order valence-electron chi connectivity index (χ2n) is 5.98. The van der Waals surface area contributed by atoms with Crippen LogP contribution < -0.4 is 5.32 Å². The number of nitrogens with one attached hydrogen (secondary N) is 2. The van der Waals surface area contributed by atoms with Gasteiger partial charge in [-0.25, -0.2) is 13.8 Å². The molecule has 0 bridgehead atoms. The van der Waals surface area contributed by atoms with E-state index in [1.54, 1.807) is 0 Å². The summed E-state index contributed by atoms with van der Waals surface area (Å²) in [6.45, 7) is 1.09. The van der Waals surface area contributed by atoms with Crippen LogP contribution in [0.1, 0.15) is 23.5 Å². The van der Waals surface area contributed by atoms with Crippen LogP contribution in [0.5, 0.6) is 0 Å². The summed E-state index contributed by atoms with van der Waals surface area (Å²) in [6, 6.07) is 3.68. The van der Waals surface area contributed by atoms with Crippen LogP contribution in [0.25, 0.3) is 17.2 Å². The van der Waals surface area contributed by atoms with Crippen LogP contribution in [-0.2, 0) is 4.74 Å². The van der Waals surface area contributed by atoms with E-state index in [9.17, 15) is 13.6 Å². The number of imidazole rings is 1. The van der Waals surface area contributed by atoms with Gasteiger partial charge in [0.15, 0.2) is 17.5 Å². The van der Waals surface area contributed by atoms with Gasteiger partial charge in [-0.1, -0.05) is 6.07 Å². The van der Waals surface area contributed by atoms with Crippen LogP contribution in [0, 0.1) is 11.6 Å². The molecule has 27 heavy (non-hydrogen) atoms. The number of tetrazole rings is 1. The highest BCUT2D eigenvalue weighted by atomic mass is 19.2. The number of carbonyl (C=O) groups excluding carboxylic acids is 1. The van der Waals surface area contributed by atoms with Gasteiger partial charge in [-0.2, -0.15) is 4.68 Å². The van der Waals surface area contributed by atoms with Gasteiger partial charge in [0, 0.05) is 13.2 Å². The van der Waals surface area contributed by atoms with Crippen LogP contribution in [0.3, 0.4) is 0 Å². The quantitative estimate of drug-likeness (QED) is 0.694. The van der Waals surface area contributed by atoms with E-state index in [4.69, 9.17) is 4.74 Å². The Morgan fingerprint density at radius 3 is 3.11 bits per heavy atom. The van der Waals surface area contributed by atoms with E-state index in [2.05, 4.69) is 30.8 Å². The minimum atomic E-state index is -1.08. The van der Waals surface area contributed by atoms with Gasteiger partial charge in [-0.15, -0.1) is 5.10 Å². The molecule has 0 spiro atoms. The Bertz CT molecular complexity index is 965. The van der Waals surface area contributed by atoms with Crippen LogP contribution >= 0.6 is 0 Å². The third kappa shape index (κ3) is 3.40. The molecule has 1 saturated heterocycles. The number of hydrogen-bond donors (Lipinski definition) is 2. The van der Waals surface area contributed by atoms with Crippen LogP contribution in [0.4, 0.5) is 8.78 Å². The molecule has 2 aromatic heterocycles. The molecule has 1 aliphatic heterocycles. The van der Waals surface area contributed by atoms with Gasteiger partial charge in [0.2, 0.25) is 5.82 Å². The molecule has 3 aromatic rings. The molecule has 1 atom stereocenters. The molecule has 3 heterocycles. The Morgan fingerprint density at radius 1 is 1.41 bits per heavy atom. The molecular formula is C16H15F2N7O2. The van der Waals surface area contributed by atoms with Gasteiger partial charge >= 0.3 is 0 Å². The van der Waals surface area contributed by atoms with E-state index in [0.717, 1.165) is 23.6 Å². The summed E-state index contributed by atoms with van der Waals surface area (Å²) in [4.78, 5) is 19.0. The maximum Gasteiger partial charge on any atom is 0.287 e. The van der Waals surface area contributed by atoms with Crippen molar-refractivity contribution in [3.63, 3.8) is 0 Å².